The highest BCUT2D eigenvalue weighted by Gasteiger charge is 2.40. The molecule has 10 heteroatoms. The summed E-state index contributed by atoms with van der Waals surface area (Å²) in [6, 6.07) is 7.50. The van der Waals surface area contributed by atoms with Crippen LogP contribution in [0.15, 0.2) is 35.9 Å². The lowest BCUT2D eigenvalue weighted by Crippen LogP contribution is -2.53. The van der Waals surface area contributed by atoms with Crippen molar-refractivity contribution in [3.05, 3.63) is 41.5 Å². The number of hydrogen-bond donors (Lipinski definition) is 3. The highest BCUT2D eigenvalue weighted by atomic mass is 16.5. The van der Waals surface area contributed by atoms with Crippen LogP contribution in [-0.2, 0) is 30.3 Å². The number of nitrogens with one attached hydrogen (secondary N) is 3. The third-order valence-corrected chi connectivity index (χ3v) is 7.89. The van der Waals surface area contributed by atoms with Crippen LogP contribution in [0.3, 0.4) is 0 Å². The van der Waals surface area contributed by atoms with Crippen molar-refractivity contribution in [1.29, 1.82) is 0 Å². The monoisotopic (exact) mass is 586 g/mol. The average Bonchev–Trinajstić information content (AvgIpc) is 2.98. The Morgan fingerprint density at radius 1 is 1.10 bits per heavy atom. The molecule has 4 rings (SSSR count). The fourth-order valence-corrected chi connectivity index (χ4v) is 5.24. The van der Waals surface area contributed by atoms with Crippen LogP contribution in [0, 0.1) is 5.41 Å². The summed E-state index contributed by atoms with van der Waals surface area (Å²) in [5, 5.41) is 9.28. The minimum Gasteiger partial charge on any atom is -0.484 e. The van der Waals surface area contributed by atoms with Crippen LogP contribution in [0.2, 0.25) is 0 Å². The van der Waals surface area contributed by atoms with E-state index in [1.807, 2.05) is 24.3 Å². The SMILES string of the molecule is COCCC1(C(=O)NC2CCOCC2)CNC(=O)CCCN(CC=C(C)C)CCCNC(=O)COc2ccc(cc2)C1. The number of rotatable bonds is 7. The number of amides is 3. The van der Waals surface area contributed by atoms with Gasteiger partial charge in [-0.15, -0.1) is 0 Å². The van der Waals surface area contributed by atoms with Crippen molar-refractivity contribution >= 4 is 17.7 Å². The van der Waals surface area contributed by atoms with Gasteiger partial charge in [0, 0.05) is 65.6 Å². The van der Waals surface area contributed by atoms with Gasteiger partial charge in [0.2, 0.25) is 11.8 Å². The van der Waals surface area contributed by atoms with Gasteiger partial charge in [-0.2, -0.15) is 0 Å². The van der Waals surface area contributed by atoms with E-state index < -0.39 is 5.41 Å². The van der Waals surface area contributed by atoms with E-state index in [9.17, 15) is 14.4 Å². The summed E-state index contributed by atoms with van der Waals surface area (Å²) in [5.74, 6) is 0.269. The lowest BCUT2D eigenvalue weighted by atomic mass is 9.77. The van der Waals surface area contributed by atoms with E-state index in [0.717, 1.165) is 44.5 Å². The minimum absolute atomic E-state index is 0.0381. The van der Waals surface area contributed by atoms with Gasteiger partial charge in [-0.05, 0) is 76.6 Å². The van der Waals surface area contributed by atoms with Crippen molar-refractivity contribution in [1.82, 2.24) is 20.9 Å². The molecular formula is C32H50N4O6. The van der Waals surface area contributed by atoms with E-state index in [4.69, 9.17) is 14.2 Å². The number of carbonyl (C=O) groups is 3. The smallest absolute Gasteiger partial charge is 0.257 e. The maximum atomic E-state index is 14.0. The molecule has 0 saturated carbocycles. The molecule has 1 aromatic rings. The lowest BCUT2D eigenvalue weighted by molar-refractivity contribution is -0.134. The van der Waals surface area contributed by atoms with Crippen molar-refractivity contribution in [2.75, 3.05) is 66.3 Å². The predicted octanol–water partition coefficient (Wildman–Crippen LogP) is 2.61. The van der Waals surface area contributed by atoms with Gasteiger partial charge in [0.15, 0.2) is 6.61 Å². The number of carbonyl (C=O) groups excluding carboxylic acids is 3. The molecule has 1 fully saturated rings. The van der Waals surface area contributed by atoms with Crippen LogP contribution in [0.25, 0.3) is 0 Å². The molecule has 3 amide bonds. The second-order valence-electron chi connectivity index (χ2n) is 11.7. The first-order chi connectivity index (χ1) is 20.3. The third-order valence-electron chi connectivity index (χ3n) is 7.89. The third kappa shape index (κ3) is 11.7. The summed E-state index contributed by atoms with van der Waals surface area (Å²) in [7, 11) is 1.62. The fourth-order valence-electron chi connectivity index (χ4n) is 5.24. The molecule has 1 unspecified atom stereocenters. The van der Waals surface area contributed by atoms with Gasteiger partial charge in [-0.25, -0.2) is 0 Å². The zero-order chi connectivity index (χ0) is 30.2. The maximum Gasteiger partial charge on any atom is 0.257 e. The second-order valence-corrected chi connectivity index (χ2v) is 11.7. The molecular weight excluding hydrogens is 536 g/mol. The zero-order valence-electron chi connectivity index (χ0n) is 25.7. The minimum atomic E-state index is -0.900. The molecule has 2 bridgehead atoms. The van der Waals surface area contributed by atoms with Crippen molar-refractivity contribution in [2.45, 2.75) is 64.8 Å². The maximum absolute atomic E-state index is 14.0. The largest absolute Gasteiger partial charge is 0.484 e. The van der Waals surface area contributed by atoms with Crippen molar-refractivity contribution in [3.8, 4) is 5.75 Å². The highest BCUT2D eigenvalue weighted by molar-refractivity contribution is 5.85. The van der Waals surface area contributed by atoms with Crippen LogP contribution in [0.1, 0.15) is 57.9 Å². The van der Waals surface area contributed by atoms with E-state index in [-0.39, 0.29) is 36.9 Å². The van der Waals surface area contributed by atoms with Gasteiger partial charge < -0.3 is 30.2 Å². The van der Waals surface area contributed by atoms with Crippen LogP contribution < -0.4 is 20.7 Å². The lowest BCUT2D eigenvalue weighted by Gasteiger charge is -2.35. The summed E-state index contributed by atoms with van der Waals surface area (Å²) in [5.41, 5.74) is 1.27. The molecule has 10 nitrogen and oxygen atoms in total. The summed E-state index contributed by atoms with van der Waals surface area (Å²) in [6.07, 6.45) is 6.45. The summed E-state index contributed by atoms with van der Waals surface area (Å²) in [4.78, 5) is 41.7. The molecule has 3 heterocycles. The molecule has 234 valence electrons. The average molecular weight is 587 g/mol. The molecule has 0 radical (unpaired) electrons. The zero-order valence-corrected chi connectivity index (χ0v) is 25.7. The van der Waals surface area contributed by atoms with Crippen molar-refractivity contribution < 1.29 is 28.6 Å². The Kier molecular flexibility index (Phi) is 14.3. The molecule has 42 heavy (non-hydrogen) atoms. The Morgan fingerprint density at radius 2 is 1.83 bits per heavy atom. The fraction of sp³-hybridized carbons (Fsp3) is 0.656. The first-order valence-corrected chi connectivity index (χ1v) is 15.3. The van der Waals surface area contributed by atoms with Gasteiger partial charge in [0.25, 0.3) is 5.91 Å². The Morgan fingerprint density at radius 3 is 2.55 bits per heavy atom. The Labute approximate surface area is 250 Å². The summed E-state index contributed by atoms with van der Waals surface area (Å²) < 4.78 is 16.6. The van der Waals surface area contributed by atoms with Gasteiger partial charge in [-0.3, -0.25) is 19.3 Å². The van der Waals surface area contributed by atoms with Gasteiger partial charge in [-0.1, -0.05) is 23.8 Å². The number of fused-ring (bicyclic) bond motifs is 17. The molecule has 0 aromatic heterocycles. The van der Waals surface area contributed by atoms with E-state index in [1.165, 1.54) is 5.57 Å². The number of benzene rings is 1. The van der Waals surface area contributed by atoms with Crippen LogP contribution >= 0.6 is 0 Å². The second kappa shape index (κ2) is 17.9. The summed E-state index contributed by atoms with van der Waals surface area (Å²) >= 11 is 0. The quantitative estimate of drug-likeness (QED) is 0.421. The standard InChI is InChI=1S/C32H50N4O6/c1-25(2)11-18-36-16-4-6-29(37)34-24-32(14-21-40-3,31(39)35-27-12-19-41-20-13-27)22-26-7-9-28(10-8-26)42-23-30(38)33-15-5-17-36/h7-11,27H,4-6,12-24H2,1-3H3,(H,33,38)(H,34,37)(H,35,39). The van der Waals surface area contributed by atoms with E-state index in [2.05, 4.69) is 40.8 Å². The van der Waals surface area contributed by atoms with Crippen LogP contribution in [0.5, 0.6) is 5.75 Å². The molecule has 1 aromatic carbocycles. The van der Waals surface area contributed by atoms with Gasteiger partial charge >= 0.3 is 0 Å². The first kappa shape index (κ1) is 33.6. The van der Waals surface area contributed by atoms with Crippen molar-refractivity contribution in [2.24, 2.45) is 5.41 Å². The molecule has 3 aliphatic heterocycles. The normalized spacial score (nSPS) is 22.4. The first-order valence-electron chi connectivity index (χ1n) is 15.3. The molecule has 1 atom stereocenters. The van der Waals surface area contributed by atoms with Crippen LogP contribution in [0.4, 0.5) is 0 Å². The molecule has 0 spiro atoms. The molecule has 3 aliphatic rings. The Balaban J connectivity index is 1.82. The molecule has 3 N–H and O–H groups in total. The Bertz CT molecular complexity index is 1020. The number of allylic oxidation sites excluding steroid dienone is 1. The molecule has 0 aliphatic carbocycles. The highest BCUT2D eigenvalue weighted by Crippen LogP contribution is 2.29. The van der Waals surface area contributed by atoms with Crippen LogP contribution in [-0.4, -0.2) is 94.9 Å². The predicted molar refractivity (Wildman–Crippen MR) is 162 cm³/mol. The van der Waals surface area contributed by atoms with Gasteiger partial charge in [0.05, 0.1) is 5.41 Å². The Hall–Kier alpha value is -2.95. The number of hydrogen-bond acceptors (Lipinski definition) is 7. The number of ether oxygens (including phenoxy) is 3. The number of nitrogens with zero attached hydrogens (tertiary/aromatic N) is 1. The molecule has 1 saturated heterocycles. The van der Waals surface area contributed by atoms with E-state index in [1.54, 1.807) is 7.11 Å². The van der Waals surface area contributed by atoms with Crippen molar-refractivity contribution in [3.63, 3.8) is 0 Å². The summed E-state index contributed by atoms with van der Waals surface area (Å²) in [6.45, 7) is 8.85. The van der Waals surface area contributed by atoms with Gasteiger partial charge in [0.1, 0.15) is 5.75 Å². The topological polar surface area (TPSA) is 118 Å². The van der Waals surface area contributed by atoms with E-state index in [0.29, 0.717) is 57.8 Å². The van der Waals surface area contributed by atoms with E-state index >= 15 is 0 Å². The number of methoxy groups -OCH3 is 1.